The normalized spacial score (nSPS) is 12.8. The Bertz CT molecular complexity index is 947. The monoisotopic (exact) mass is 432 g/mol. The Hall–Kier alpha value is -2.65. The van der Waals surface area contributed by atoms with Gasteiger partial charge in [-0.3, -0.25) is 0 Å². The van der Waals surface area contributed by atoms with Crippen molar-refractivity contribution in [3.8, 4) is 0 Å². The molecule has 0 heterocycles. The van der Waals surface area contributed by atoms with Crippen molar-refractivity contribution in [3.63, 3.8) is 0 Å². The van der Waals surface area contributed by atoms with E-state index in [1.807, 2.05) is 24.3 Å². The van der Waals surface area contributed by atoms with Gasteiger partial charge in [0.05, 0.1) is 7.11 Å². The standard InChI is InChI=1S/C28H36O2Si/c1-22(2)14-13-15-23(3)20-21-26(28(29)30-4)27(24-16-9-7-10-17-24)31(5,6)25-18-11-8-12-19-25/h7-12,14,16-20H,13,15,21H2,1-6H3/b23-20+,27-26-. The molecule has 0 bridgehead atoms. The third-order valence-electron chi connectivity index (χ3n) is 5.66. The molecule has 2 aromatic rings. The molecule has 0 atom stereocenters. The summed E-state index contributed by atoms with van der Waals surface area (Å²) < 4.78 is 5.28. The molecular formula is C28H36O2Si. The molecule has 3 heteroatoms. The minimum Gasteiger partial charge on any atom is -0.466 e. The van der Waals surface area contributed by atoms with Crippen LogP contribution in [0.25, 0.3) is 5.20 Å². The molecule has 31 heavy (non-hydrogen) atoms. The van der Waals surface area contributed by atoms with Crippen LogP contribution in [0.2, 0.25) is 13.1 Å². The fourth-order valence-electron chi connectivity index (χ4n) is 3.89. The van der Waals surface area contributed by atoms with E-state index in [1.54, 1.807) is 0 Å². The Morgan fingerprint density at radius 2 is 1.48 bits per heavy atom. The predicted molar refractivity (Wildman–Crippen MR) is 136 cm³/mol. The van der Waals surface area contributed by atoms with Gasteiger partial charge < -0.3 is 4.74 Å². The summed E-state index contributed by atoms with van der Waals surface area (Å²) in [4.78, 5) is 13.0. The van der Waals surface area contributed by atoms with Crippen LogP contribution < -0.4 is 5.19 Å². The Labute approximate surface area is 189 Å². The van der Waals surface area contributed by atoms with Crippen LogP contribution in [0.3, 0.4) is 0 Å². The number of carbonyl (C=O) groups excluding carboxylic acids is 1. The first-order valence-electron chi connectivity index (χ1n) is 11.0. The highest BCUT2D eigenvalue weighted by atomic mass is 28.3. The van der Waals surface area contributed by atoms with Gasteiger partial charge in [-0.25, -0.2) is 4.79 Å². The van der Waals surface area contributed by atoms with E-state index in [-0.39, 0.29) is 5.97 Å². The number of carbonyl (C=O) groups is 1. The van der Waals surface area contributed by atoms with E-state index in [0.29, 0.717) is 6.42 Å². The van der Waals surface area contributed by atoms with Gasteiger partial charge in [0.15, 0.2) is 0 Å². The van der Waals surface area contributed by atoms with E-state index in [1.165, 1.54) is 23.4 Å². The van der Waals surface area contributed by atoms with Crippen molar-refractivity contribution in [3.05, 3.63) is 95.1 Å². The Morgan fingerprint density at radius 3 is 2.03 bits per heavy atom. The average Bonchev–Trinajstić information content (AvgIpc) is 2.76. The summed E-state index contributed by atoms with van der Waals surface area (Å²) in [5.41, 5.74) is 4.52. The molecule has 2 nitrogen and oxygen atoms in total. The van der Waals surface area contributed by atoms with Crippen molar-refractivity contribution in [2.24, 2.45) is 0 Å². The number of allylic oxidation sites excluding steroid dienone is 4. The molecule has 0 aliphatic heterocycles. The van der Waals surface area contributed by atoms with Crippen LogP contribution in [-0.2, 0) is 9.53 Å². The van der Waals surface area contributed by atoms with Crippen molar-refractivity contribution < 1.29 is 9.53 Å². The second-order valence-corrected chi connectivity index (χ2v) is 13.1. The third kappa shape index (κ3) is 6.93. The lowest BCUT2D eigenvalue weighted by Crippen LogP contribution is -2.44. The molecule has 2 aromatic carbocycles. The molecule has 0 saturated heterocycles. The molecule has 0 radical (unpaired) electrons. The van der Waals surface area contributed by atoms with Gasteiger partial charge in [0.1, 0.15) is 8.07 Å². The molecular weight excluding hydrogens is 396 g/mol. The molecule has 0 N–H and O–H groups in total. The number of benzene rings is 2. The SMILES string of the molecule is COC(=O)/C(C/C=C(\C)CCC=C(C)C)=C(/c1ccccc1)[Si](C)(C)c1ccccc1. The Morgan fingerprint density at radius 1 is 0.903 bits per heavy atom. The number of hydrogen-bond donors (Lipinski definition) is 0. The van der Waals surface area contributed by atoms with E-state index >= 15 is 0 Å². The van der Waals surface area contributed by atoms with E-state index in [9.17, 15) is 4.79 Å². The second kappa shape index (κ2) is 11.7. The van der Waals surface area contributed by atoms with Crippen LogP contribution in [0.4, 0.5) is 0 Å². The maximum absolute atomic E-state index is 13.0. The molecule has 2 rings (SSSR count). The van der Waals surface area contributed by atoms with E-state index in [2.05, 4.69) is 82.4 Å². The smallest absolute Gasteiger partial charge is 0.333 e. The van der Waals surface area contributed by atoms with Gasteiger partial charge in [-0.2, -0.15) is 0 Å². The third-order valence-corrected chi connectivity index (χ3v) is 9.28. The van der Waals surface area contributed by atoms with Crippen LogP contribution in [0, 0.1) is 0 Å². The molecule has 0 saturated carbocycles. The highest BCUT2D eigenvalue weighted by Crippen LogP contribution is 2.32. The quantitative estimate of drug-likeness (QED) is 0.187. The zero-order valence-electron chi connectivity index (χ0n) is 19.9. The fourth-order valence-corrected chi connectivity index (χ4v) is 7.06. The number of rotatable bonds is 9. The summed E-state index contributed by atoms with van der Waals surface area (Å²) in [6.45, 7) is 11.0. The Balaban J connectivity index is 2.58. The lowest BCUT2D eigenvalue weighted by atomic mass is 10.0. The van der Waals surface area contributed by atoms with Crippen LogP contribution in [0.15, 0.2) is 89.5 Å². The van der Waals surface area contributed by atoms with Crippen LogP contribution in [0.5, 0.6) is 0 Å². The maximum Gasteiger partial charge on any atom is 0.333 e. The lowest BCUT2D eigenvalue weighted by molar-refractivity contribution is -0.136. The predicted octanol–water partition coefficient (Wildman–Crippen LogP) is 6.85. The molecule has 0 unspecified atom stereocenters. The highest BCUT2D eigenvalue weighted by Gasteiger charge is 2.33. The minimum atomic E-state index is -2.16. The molecule has 0 amide bonds. The van der Waals surface area contributed by atoms with Gasteiger partial charge in [-0.05, 0) is 50.8 Å². The zero-order chi connectivity index (χ0) is 22.9. The Kier molecular flexibility index (Phi) is 9.26. The topological polar surface area (TPSA) is 26.3 Å². The minimum absolute atomic E-state index is 0.233. The van der Waals surface area contributed by atoms with Crippen molar-refractivity contribution in [1.29, 1.82) is 0 Å². The summed E-state index contributed by atoms with van der Waals surface area (Å²) in [7, 11) is -0.685. The number of ether oxygens (including phenoxy) is 1. The van der Waals surface area contributed by atoms with Crippen molar-refractivity contribution in [2.45, 2.75) is 53.1 Å². The van der Waals surface area contributed by atoms with Crippen LogP contribution in [0.1, 0.15) is 45.6 Å². The first kappa shape index (κ1) is 24.6. The van der Waals surface area contributed by atoms with Gasteiger partial charge in [-0.15, -0.1) is 0 Å². The molecule has 164 valence electrons. The maximum atomic E-state index is 13.0. The first-order valence-corrected chi connectivity index (χ1v) is 14.0. The first-order chi connectivity index (χ1) is 14.8. The van der Waals surface area contributed by atoms with E-state index in [4.69, 9.17) is 4.74 Å². The summed E-state index contributed by atoms with van der Waals surface area (Å²) in [6.07, 6.45) is 7.07. The summed E-state index contributed by atoms with van der Waals surface area (Å²) in [5.74, 6) is -0.233. The lowest BCUT2D eigenvalue weighted by Gasteiger charge is -2.29. The van der Waals surface area contributed by atoms with Crippen LogP contribution in [-0.4, -0.2) is 21.2 Å². The summed E-state index contributed by atoms with van der Waals surface area (Å²) >= 11 is 0. The molecule has 0 aliphatic carbocycles. The fraction of sp³-hybridized carbons (Fsp3) is 0.321. The summed E-state index contributed by atoms with van der Waals surface area (Å²) in [6, 6.07) is 20.9. The van der Waals surface area contributed by atoms with Crippen molar-refractivity contribution >= 4 is 24.4 Å². The summed E-state index contributed by atoms with van der Waals surface area (Å²) in [5, 5.41) is 2.46. The number of methoxy groups -OCH3 is 1. The largest absolute Gasteiger partial charge is 0.466 e. The van der Waals surface area contributed by atoms with Gasteiger partial charge >= 0.3 is 5.97 Å². The number of hydrogen-bond acceptors (Lipinski definition) is 2. The molecule has 0 fully saturated rings. The van der Waals surface area contributed by atoms with Crippen LogP contribution >= 0.6 is 0 Å². The average molecular weight is 433 g/mol. The van der Waals surface area contributed by atoms with Gasteiger partial charge in [0, 0.05) is 5.57 Å². The van der Waals surface area contributed by atoms with Crippen molar-refractivity contribution in [1.82, 2.24) is 0 Å². The molecule has 0 aromatic heterocycles. The van der Waals surface area contributed by atoms with E-state index < -0.39 is 8.07 Å². The molecule has 0 aliphatic rings. The zero-order valence-corrected chi connectivity index (χ0v) is 20.9. The molecule has 0 spiro atoms. The number of esters is 1. The second-order valence-electron chi connectivity index (χ2n) is 8.78. The van der Waals surface area contributed by atoms with Gasteiger partial charge in [-0.1, -0.05) is 102 Å². The highest BCUT2D eigenvalue weighted by molar-refractivity contribution is 7.05. The van der Waals surface area contributed by atoms with E-state index in [0.717, 1.165) is 29.2 Å². The van der Waals surface area contributed by atoms with Gasteiger partial charge in [0.2, 0.25) is 0 Å². The van der Waals surface area contributed by atoms with Crippen molar-refractivity contribution in [2.75, 3.05) is 7.11 Å². The van der Waals surface area contributed by atoms with Gasteiger partial charge in [0.25, 0.3) is 0 Å².